The average molecular weight is 258 g/mol. The maximum Gasteiger partial charge on any atom is 0.133 e. The van der Waals surface area contributed by atoms with Crippen molar-refractivity contribution in [3.8, 4) is 5.75 Å². The van der Waals surface area contributed by atoms with Gasteiger partial charge in [-0.3, -0.25) is 0 Å². The molecular formula is C15H15FN2O. The number of hydrogen-bond acceptors (Lipinski definition) is 2. The number of imidazole rings is 1. The first kappa shape index (κ1) is 13.1. The van der Waals surface area contributed by atoms with E-state index in [4.69, 9.17) is 4.74 Å². The first-order valence-electron chi connectivity index (χ1n) is 5.78. The smallest absolute Gasteiger partial charge is 0.133 e. The second-order valence-electron chi connectivity index (χ2n) is 4.15. The number of fused-ring (bicyclic) bond motifs is 1. The Balaban J connectivity index is 2.85. The summed E-state index contributed by atoms with van der Waals surface area (Å²) >= 11 is 0. The molecule has 0 unspecified atom stereocenters. The molecule has 2 aromatic rings. The summed E-state index contributed by atoms with van der Waals surface area (Å²) in [5.41, 5.74) is 2.71. The minimum Gasteiger partial charge on any atom is -0.496 e. The zero-order valence-electron chi connectivity index (χ0n) is 11.0. The fraction of sp³-hybridized carbons (Fsp3) is 0.133. The van der Waals surface area contributed by atoms with Gasteiger partial charge in [0.2, 0.25) is 0 Å². The van der Waals surface area contributed by atoms with E-state index in [0.717, 1.165) is 5.52 Å². The monoisotopic (exact) mass is 258 g/mol. The van der Waals surface area contributed by atoms with Crippen molar-refractivity contribution in [3.05, 3.63) is 54.7 Å². The fourth-order valence-corrected chi connectivity index (χ4v) is 1.95. The number of methoxy groups -OCH3 is 1. The van der Waals surface area contributed by atoms with Crippen LogP contribution >= 0.6 is 0 Å². The molecule has 0 radical (unpaired) electrons. The number of halogens is 1. The number of aromatic amines is 1. The summed E-state index contributed by atoms with van der Waals surface area (Å²) in [7, 11) is 1.54. The van der Waals surface area contributed by atoms with Crippen LogP contribution < -0.4 is 4.74 Å². The number of ether oxygens (including phenoxy) is 1. The lowest BCUT2D eigenvalue weighted by Gasteiger charge is -2.11. The molecule has 98 valence electrons. The van der Waals surface area contributed by atoms with Crippen LogP contribution in [0.3, 0.4) is 0 Å². The highest BCUT2D eigenvalue weighted by Crippen LogP contribution is 2.36. The lowest BCUT2D eigenvalue weighted by Crippen LogP contribution is -1.94. The lowest BCUT2D eigenvalue weighted by atomic mass is 10.00. The van der Waals surface area contributed by atoms with Crippen LogP contribution in [0.5, 0.6) is 5.75 Å². The number of allylic oxidation sites excluding steroid dienone is 4. The Labute approximate surface area is 111 Å². The van der Waals surface area contributed by atoms with E-state index in [1.807, 2.05) is 6.07 Å². The third-order valence-corrected chi connectivity index (χ3v) is 2.86. The van der Waals surface area contributed by atoms with Crippen molar-refractivity contribution >= 4 is 16.6 Å². The number of benzene rings is 1. The molecule has 0 aliphatic rings. The second-order valence-corrected chi connectivity index (χ2v) is 4.15. The first-order chi connectivity index (χ1) is 9.10. The molecule has 0 aliphatic heterocycles. The Morgan fingerprint density at radius 2 is 2.21 bits per heavy atom. The molecule has 0 saturated heterocycles. The van der Waals surface area contributed by atoms with Crippen molar-refractivity contribution in [2.45, 2.75) is 6.92 Å². The van der Waals surface area contributed by atoms with E-state index in [1.165, 1.54) is 13.2 Å². The SMILES string of the molecule is C=C/C(=C(/F)C(=C)C)c1c(OC)ccc2[nH]cnc12. The zero-order chi connectivity index (χ0) is 14.0. The molecular weight excluding hydrogens is 243 g/mol. The highest BCUT2D eigenvalue weighted by Gasteiger charge is 2.17. The number of nitrogens with zero attached hydrogens (tertiary/aromatic N) is 1. The zero-order valence-corrected chi connectivity index (χ0v) is 11.0. The van der Waals surface area contributed by atoms with Crippen molar-refractivity contribution in [1.29, 1.82) is 0 Å². The number of H-pyrrole nitrogens is 1. The maximum absolute atomic E-state index is 14.2. The van der Waals surface area contributed by atoms with Crippen molar-refractivity contribution < 1.29 is 9.13 Å². The van der Waals surface area contributed by atoms with Crippen molar-refractivity contribution in [2.24, 2.45) is 0 Å². The van der Waals surface area contributed by atoms with E-state index in [2.05, 4.69) is 23.1 Å². The van der Waals surface area contributed by atoms with Gasteiger partial charge in [-0.05, 0) is 24.6 Å². The van der Waals surface area contributed by atoms with Crippen LogP contribution in [-0.4, -0.2) is 17.1 Å². The topological polar surface area (TPSA) is 37.9 Å². The Hall–Kier alpha value is -2.36. The highest BCUT2D eigenvalue weighted by atomic mass is 19.1. The minimum absolute atomic E-state index is 0.335. The molecule has 0 aliphatic carbocycles. The van der Waals surface area contributed by atoms with Gasteiger partial charge in [-0.15, -0.1) is 0 Å². The lowest BCUT2D eigenvalue weighted by molar-refractivity contribution is 0.414. The van der Waals surface area contributed by atoms with E-state index in [9.17, 15) is 4.39 Å². The fourth-order valence-electron chi connectivity index (χ4n) is 1.95. The number of hydrogen-bond donors (Lipinski definition) is 1. The molecule has 1 heterocycles. The summed E-state index contributed by atoms with van der Waals surface area (Å²) < 4.78 is 19.5. The largest absolute Gasteiger partial charge is 0.496 e. The molecule has 0 saturated carbocycles. The van der Waals surface area contributed by atoms with Gasteiger partial charge in [-0.25, -0.2) is 9.37 Å². The third-order valence-electron chi connectivity index (χ3n) is 2.86. The van der Waals surface area contributed by atoms with Crippen LogP contribution in [-0.2, 0) is 0 Å². The maximum atomic E-state index is 14.2. The van der Waals surface area contributed by atoms with E-state index in [1.54, 1.807) is 19.3 Å². The van der Waals surface area contributed by atoms with Gasteiger partial charge in [-0.1, -0.05) is 19.2 Å². The second kappa shape index (κ2) is 5.10. The molecule has 4 heteroatoms. The van der Waals surface area contributed by atoms with Crippen LogP contribution in [0.2, 0.25) is 0 Å². The first-order valence-corrected chi connectivity index (χ1v) is 5.78. The van der Waals surface area contributed by atoms with Gasteiger partial charge in [0.1, 0.15) is 11.6 Å². The molecule has 19 heavy (non-hydrogen) atoms. The van der Waals surface area contributed by atoms with Crippen molar-refractivity contribution in [1.82, 2.24) is 9.97 Å². The van der Waals surface area contributed by atoms with Crippen molar-refractivity contribution in [2.75, 3.05) is 7.11 Å². The molecule has 2 rings (SSSR count). The molecule has 0 bridgehead atoms. The summed E-state index contributed by atoms with van der Waals surface area (Å²) in [6.45, 7) is 8.91. The van der Waals surface area contributed by atoms with E-state index < -0.39 is 5.83 Å². The van der Waals surface area contributed by atoms with Crippen LogP contribution in [0.4, 0.5) is 4.39 Å². The average Bonchev–Trinajstić information content (AvgIpc) is 2.87. The summed E-state index contributed by atoms with van der Waals surface area (Å²) in [5.74, 6) is 0.134. The number of nitrogens with one attached hydrogen (secondary N) is 1. The van der Waals surface area contributed by atoms with Gasteiger partial charge in [0.15, 0.2) is 0 Å². The van der Waals surface area contributed by atoms with Crippen LogP contribution in [0.25, 0.3) is 16.6 Å². The summed E-state index contributed by atoms with van der Waals surface area (Å²) in [6, 6.07) is 3.61. The molecule has 0 fully saturated rings. The van der Waals surface area contributed by atoms with Crippen LogP contribution in [0.1, 0.15) is 12.5 Å². The van der Waals surface area contributed by atoms with Crippen LogP contribution in [0, 0.1) is 0 Å². The molecule has 1 N–H and O–H groups in total. The molecule has 0 atom stereocenters. The normalized spacial score (nSPS) is 12.2. The highest BCUT2D eigenvalue weighted by molar-refractivity contribution is 5.96. The van der Waals surface area contributed by atoms with E-state index >= 15 is 0 Å². The predicted molar refractivity (Wildman–Crippen MR) is 75.7 cm³/mol. The molecule has 0 amide bonds. The van der Waals surface area contributed by atoms with Gasteiger partial charge in [0.05, 0.1) is 30.0 Å². The Morgan fingerprint density at radius 3 is 2.79 bits per heavy atom. The van der Waals surface area contributed by atoms with Crippen LogP contribution in [0.15, 0.2) is 49.1 Å². The summed E-state index contributed by atoms with van der Waals surface area (Å²) in [5, 5.41) is 0. The van der Waals surface area contributed by atoms with Gasteiger partial charge in [0, 0.05) is 5.57 Å². The number of aromatic nitrogens is 2. The molecule has 3 nitrogen and oxygen atoms in total. The standard InChI is InChI=1S/C15H15FN2O/c1-5-10(14(16)9(2)3)13-12(19-4)7-6-11-15(13)18-8-17-11/h5-8H,1-2H2,3-4H3,(H,17,18)/b14-10-. The van der Waals surface area contributed by atoms with Gasteiger partial charge < -0.3 is 9.72 Å². The summed E-state index contributed by atoms with van der Waals surface area (Å²) in [4.78, 5) is 7.21. The Kier molecular flexibility index (Phi) is 3.51. The molecule has 1 aromatic carbocycles. The number of rotatable bonds is 4. The van der Waals surface area contributed by atoms with E-state index in [-0.39, 0.29) is 0 Å². The quantitative estimate of drug-likeness (QED) is 0.841. The summed E-state index contributed by atoms with van der Waals surface area (Å²) in [6.07, 6.45) is 3.02. The van der Waals surface area contributed by atoms with Gasteiger partial charge in [0.25, 0.3) is 0 Å². The molecule has 1 aromatic heterocycles. The third kappa shape index (κ3) is 2.17. The van der Waals surface area contributed by atoms with Gasteiger partial charge >= 0.3 is 0 Å². The minimum atomic E-state index is -0.413. The van der Waals surface area contributed by atoms with Crippen molar-refractivity contribution in [3.63, 3.8) is 0 Å². The Morgan fingerprint density at radius 1 is 1.47 bits per heavy atom. The van der Waals surface area contributed by atoms with Gasteiger partial charge in [-0.2, -0.15) is 0 Å². The molecule has 0 spiro atoms. The van der Waals surface area contributed by atoms with E-state index in [0.29, 0.717) is 28.0 Å². The predicted octanol–water partition coefficient (Wildman–Crippen LogP) is 4.01. The Bertz CT molecular complexity index is 683.